The summed E-state index contributed by atoms with van der Waals surface area (Å²) < 4.78 is 0. The first-order valence-corrected chi connectivity index (χ1v) is 5.99. The fraction of sp³-hybridized carbons (Fsp3) is 0.143. The van der Waals surface area contributed by atoms with Gasteiger partial charge in [0.15, 0.2) is 0 Å². The quantitative estimate of drug-likeness (QED) is 0.416. The molecule has 3 rings (SSSR count). The minimum absolute atomic E-state index is 0.0439. The summed E-state index contributed by atoms with van der Waals surface area (Å²) in [4.78, 5) is 5.97. The van der Waals surface area contributed by atoms with E-state index in [1.54, 1.807) is 0 Å². The topological polar surface area (TPSA) is 84.8 Å². The van der Waals surface area contributed by atoms with E-state index < -0.39 is 6.10 Å². The molecule has 0 unspecified atom stereocenters. The molecule has 0 bridgehead atoms. The van der Waals surface area contributed by atoms with Crippen LogP contribution in [0, 0.1) is 0 Å². The van der Waals surface area contributed by atoms with E-state index >= 15 is 0 Å². The lowest BCUT2D eigenvalue weighted by Gasteiger charge is -2.07. The van der Waals surface area contributed by atoms with Crippen molar-refractivity contribution in [2.45, 2.75) is 6.10 Å². The number of nitrogens with zero attached hydrogens (tertiary/aromatic N) is 3. The highest BCUT2D eigenvalue weighted by atomic mass is 16.3. The molecule has 94 valence electrons. The van der Waals surface area contributed by atoms with Crippen molar-refractivity contribution in [1.29, 1.82) is 0 Å². The summed E-state index contributed by atoms with van der Waals surface area (Å²) in [5, 5.41) is 15.6. The first kappa shape index (κ1) is 11.6. The number of aromatic nitrogens is 1. The monoisotopic (exact) mass is 252 g/mol. The van der Waals surface area contributed by atoms with Gasteiger partial charge in [0, 0.05) is 26.7 Å². The van der Waals surface area contributed by atoms with Crippen molar-refractivity contribution in [3.8, 4) is 0 Å². The number of fused-ring (bicyclic) bond motifs is 3. The summed E-state index contributed by atoms with van der Waals surface area (Å²) in [6, 6.07) is 13.8. The summed E-state index contributed by atoms with van der Waals surface area (Å²) in [6.45, 7) is 0.0439. The minimum Gasteiger partial charge on any atom is -0.388 e. The highest BCUT2D eigenvalue weighted by Gasteiger charge is 2.09. The molecule has 5 heteroatoms. The number of hydrogen-bond acceptors (Lipinski definition) is 2. The molecule has 2 aromatic carbocycles. The number of hydrogen-bond donors (Lipinski definition) is 2. The van der Waals surface area contributed by atoms with Gasteiger partial charge in [0.1, 0.15) is 0 Å². The highest BCUT2D eigenvalue weighted by molar-refractivity contribution is 6.07. The van der Waals surface area contributed by atoms with E-state index in [2.05, 4.69) is 21.1 Å². The number of aromatic amines is 1. The Morgan fingerprint density at radius 1 is 1.16 bits per heavy atom. The van der Waals surface area contributed by atoms with E-state index in [9.17, 15) is 5.11 Å². The molecule has 19 heavy (non-hydrogen) atoms. The van der Waals surface area contributed by atoms with E-state index in [0.29, 0.717) is 0 Å². The largest absolute Gasteiger partial charge is 0.388 e. The van der Waals surface area contributed by atoms with Crippen molar-refractivity contribution in [3.05, 3.63) is 58.5 Å². The fourth-order valence-corrected chi connectivity index (χ4v) is 2.30. The number of aliphatic hydroxyl groups excluding tert-OH is 1. The lowest BCUT2D eigenvalue weighted by molar-refractivity contribution is 0.187. The van der Waals surface area contributed by atoms with Crippen molar-refractivity contribution < 1.29 is 5.11 Å². The Bertz CT molecular complexity index is 786. The van der Waals surface area contributed by atoms with Crippen LogP contribution < -0.4 is 0 Å². The molecule has 0 fully saturated rings. The Morgan fingerprint density at radius 2 is 1.95 bits per heavy atom. The Kier molecular flexibility index (Phi) is 2.83. The third-order valence-corrected chi connectivity index (χ3v) is 3.23. The molecule has 0 amide bonds. The molecule has 0 aliphatic rings. The van der Waals surface area contributed by atoms with Crippen LogP contribution in [0.5, 0.6) is 0 Å². The number of aliphatic hydroxyl groups is 1. The molecular formula is C14H12N4O. The molecule has 1 atom stereocenters. The zero-order valence-electron chi connectivity index (χ0n) is 10.1. The van der Waals surface area contributed by atoms with E-state index in [1.165, 1.54) is 0 Å². The van der Waals surface area contributed by atoms with Crippen LogP contribution in [0.1, 0.15) is 11.7 Å². The Hall–Kier alpha value is -2.49. The number of rotatable bonds is 3. The molecule has 0 saturated carbocycles. The lowest BCUT2D eigenvalue weighted by atomic mass is 10.1. The van der Waals surface area contributed by atoms with E-state index in [4.69, 9.17) is 5.53 Å². The van der Waals surface area contributed by atoms with E-state index in [1.807, 2.05) is 36.4 Å². The van der Waals surface area contributed by atoms with E-state index in [-0.39, 0.29) is 6.54 Å². The SMILES string of the molecule is [N-]=[N+]=NC[C@@H](O)c1ccc2c(c1)[nH]c1ccccc12. The predicted molar refractivity (Wildman–Crippen MR) is 74.8 cm³/mol. The van der Waals surface area contributed by atoms with Gasteiger partial charge in [-0.15, -0.1) is 0 Å². The van der Waals surface area contributed by atoms with Gasteiger partial charge in [0.25, 0.3) is 0 Å². The second-order valence-electron chi connectivity index (χ2n) is 4.40. The van der Waals surface area contributed by atoms with Gasteiger partial charge in [0.05, 0.1) is 12.6 Å². The van der Waals surface area contributed by atoms with Gasteiger partial charge in [-0.2, -0.15) is 0 Å². The summed E-state index contributed by atoms with van der Waals surface area (Å²) in [5.41, 5.74) is 11.1. The zero-order valence-corrected chi connectivity index (χ0v) is 10.1. The van der Waals surface area contributed by atoms with Crippen LogP contribution in [0.15, 0.2) is 47.6 Å². The number of para-hydroxylation sites is 1. The Balaban J connectivity index is 2.10. The smallest absolute Gasteiger partial charge is 0.0847 e. The summed E-state index contributed by atoms with van der Waals surface area (Å²) in [7, 11) is 0. The standard InChI is InChI=1S/C14H12N4O/c15-18-16-8-14(19)9-5-6-11-10-3-1-2-4-12(10)17-13(11)7-9/h1-7,14,17,19H,8H2/t14-/m1/s1. The fourth-order valence-electron chi connectivity index (χ4n) is 2.30. The molecule has 2 N–H and O–H groups in total. The van der Waals surface area contributed by atoms with Crippen LogP contribution in [0.2, 0.25) is 0 Å². The molecule has 1 heterocycles. The molecule has 0 aliphatic carbocycles. The van der Waals surface area contributed by atoms with Gasteiger partial charge >= 0.3 is 0 Å². The number of azide groups is 1. The van der Waals surface area contributed by atoms with Crippen LogP contribution in [-0.4, -0.2) is 16.6 Å². The molecule has 3 aromatic rings. The maximum Gasteiger partial charge on any atom is 0.0847 e. The van der Waals surface area contributed by atoms with Gasteiger partial charge in [-0.25, -0.2) is 0 Å². The predicted octanol–water partition coefficient (Wildman–Crippen LogP) is 3.66. The summed E-state index contributed by atoms with van der Waals surface area (Å²) in [5.74, 6) is 0. The van der Waals surface area contributed by atoms with Crippen LogP contribution >= 0.6 is 0 Å². The first-order chi connectivity index (χ1) is 9.29. The van der Waals surface area contributed by atoms with Crippen molar-refractivity contribution in [3.63, 3.8) is 0 Å². The molecule has 0 aliphatic heterocycles. The Morgan fingerprint density at radius 3 is 2.79 bits per heavy atom. The maximum atomic E-state index is 9.91. The molecule has 1 aromatic heterocycles. The normalized spacial score (nSPS) is 12.5. The van der Waals surface area contributed by atoms with Crippen LogP contribution in [0.25, 0.3) is 32.2 Å². The third kappa shape index (κ3) is 2.01. The van der Waals surface area contributed by atoms with Gasteiger partial charge in [-0.05, 0) is 23.2 Å². The van der Waals surface area contributed by atoms with Crippen molar-refractivity contribution in [1.82, 2.24) is 4.98 Å². The maximum absolute atomic E-state index is 9.91. The second-order valence-corrected chi connectivity index (χ2v) is 4.40. The lowest BCUT2D eigenvalue weighted by Crippen LogP contribution is -2.00. The van der Waals surface area contributed by atoms with Gasteiger partial charge < -0.3 is 10.1 Å². The Labute approximate surface area is 109 Å². The molecular weight excluding hydrogens is 240 g/mol. The van der Waals surface area contributed by atoms with Crippen molar-refractivity contribution >= 4 is 21.8 Å². The molecule has 0 saturated heterocycles. The average Bonchev–Trinajstić information content (AvgIpc) is 2.82. The minimum atomic E-state index is -0.772. The molecule has 5 nitrogen and oxygen atoms in total. The summed E-state index contributed by atoms with van der Waals surface area (Å²) in [6.07, 6.45) is -0.772. The van der Waals surface area contributed by atoms with Crippen LogP contribution in [0.4, 0.5) is 0 Å². The molecule has 0 radical (unpaired) electrons. The average molecular weight is 252 g/mol. The van der Waals surface area contributed by atoms with Crippen molar-refractivity contribution in [2.24, 2.45) is 5.11 Å². The third-order valence-electron chi connectivity index (χ3n) is 3.23. The second kappa shape index (κ2) is 4.65. The number of benzene rings is 2. The zero-order chi connectivity index (χ0) is 13.2. The number of H-pyrrole nitrogens is 1. The van der Waals surface area contributed by atoms with Crippen molar-refractivity contribution in [2.75, 3.05) is 6.54 Å². The summed E-state index contributed by atoms with van der Waals surface area (Å²) >= 11 is 0. The van der Waals surface area contributed by atoms with Gasteiger partial charge in [0.2, 0.25) is 0 Å². The van der Waals surface area contributed by atoms with Gasteiger partial charge in [-0.3, -0.25) is 0 Å². The first-order valence-electron chi connectivity index (χ1n) is 5.99. The number of nitrogens with one attached hydrogen (secondary N) is 1. The van der Waals surface area contributed by atoms with Crippen LogP contribution in [-0.2, 0) is 0 Å². The molecule has 0 spiro atoms. The van der Waals surface area contributed by atoms with Gasteiger partial charge in [-0.1, -0.05) is 35.4 Å². The highest BCUT2D eigenvalue weighted by Crippen LogP contribution is 2.27. The van der Waals surface area contributed by atoms with E-state index in [0.717, 1.165) is 27.4 Å². The van der Waals surface area contributed by atoms with Crippen LogP contribution in [0.3, 0.4) is 0 Å².